The van der Waals surface area contributed by atoms with Crippen LogP contribution < -0.4 is 5.32 Å². The monoisotopic (exact) mass is 244 g/mol. The Morgan fingerprint density at radius 3 is 2.69 bits per heavy atom. The summed E-state index contributed by atoms with van der Waals surface area (Å²) in [5.41, 5.74) is -0.110. The zero-order valence-corrected chi connectivity index (χ0v) is 11.9. The first kappa shape index (κ1) is 13.7. The van der Waals surface area contributed by atoms with Gasteiger partial charge in [-0.1, -0.05) is 13.8 Å². The first-order valence-corrected chi connectivity index (χ1v) is 6.41. The lowest BCUT2D eigenvalue weighted by atomic mass is 10.1. The Morgan fingerprint density at radius 2 is 2.19 bits per heavy atom. The molecular formula is C12H24N2OS. The number of thiocarbonyl (C=S) groups is 1. The lowest BCUT2D eigenvalue weighted by Gasteiger charge is -2.42. The van der Waals surface area contributed by atoms with Crippen molar-refractivity contribution >= 4 is 17.3 Å². The highest BCUT2D eigenvalue weighted by atomic mass is 32.1. The summed E-state index contributed by atoms with van der Waals surface area (Å²) in [6.07, 6.45) is 0.238. The van der Waals surface area contributed by atoms with E-state index in [0.717, 1.165) is 24.7 Å². The molecule has 0 bridgehead atoms. The second-order valence-electron chi connectivity index (χ2n) is 5.65. The molecule has 1 aliphatic rings. The second kappa shape index (κ2) is 5.32. The topological polar surface area (TPSA) is 24.5 Å². The van der Waals surface area contributed by atoms with E-state index < -0.39 is 0 Å². The fraction of sp³-hybridized carbons (Fsp3) is 0.917. The summed E-state index contributed by atoms with van der Waals surface area (Å²) in [5, 5.41) is 4.17. The number of morpholine rings is 1. The SMILES string of the molecule is CC(C)CNC(=S)N1CC(C)OC(C)(C)C1. The first-order chi connectivity index (χ1) is 7.30. The van der Waals surface area contributed by atoms with Gasteiger partial charge in [0.05, 0.1) is 11.7 Å². The van der Waals surface area contributed by atoms with Crippen LogP contribution in [-0.4, -0.2) is 41.4 Å². The van der Waals surface area contributed by atoms with Crippen LogP contribution in [0.3, 0.4) is 0 Å². The van der Waals surface area contributed by atoms with Gasteiger partial charge in [0.1, 0.15) is 0 Å². The Balaban J connectivity index is 2.49. The predicted molar refractivity (Wildman–Crippen MR) is 71.6 cm³/mol. The van der Waals surface area contributed by atoms with Gasteiger partial charge in [0.2, 0.25) is 0 Å². The summed E-state index contributed by atoms with van der Waals surface area (Å²) in [6, 6.07) is 0. The highest BCUT2D eigenvalue weighted by Gasteiger charge is 2.32. The molecule has 1 atom stereocenters. The number of nitrogens with zero attached hydrogens (tertiary/aromatic N) is 1. The van der Waals surface area contributed by atoms with Crippen LogP contribution in [0.25, 0.3) is 0 Å². The summed E-state index contributed by atoms with van der Waals surface area (Å²) in [6.45, 7) is 13.4. The van der Waals surface area contributed by atoms with Crippen LogP contribution in [0.5, 0.6) is 0 Å². The minimum absolute atomic E-state index is 0.110. The Labute approximate surface area is 105 Å². The van der Waals surface area contributed by atoms with E-state index in [-0.39, 0.29) is 11.7 Å². The molecule has 0 aliphatic carbocycles. The van der Waals surface area contributed by atoms with Crippen molar-refractivity contribution in [3.8, 4) is 0 Å². The minimum atomic E-state index is -0.110. The third kappa shape index (κ3) is 4.26. The van der Waals surface area contributed by atoms with Crippen LogP contribution in [0, 0.1) is 5.92 Å². The zero-order valence-electron chi connectivity index (χ0n) is 11.0. The van der Waals surface area contributed by atoms with Crippen LogP contribution in [0.2, 0.25) is 0 Å². The van der Waals surface area contributed by atoms with Crippen LogP contribution in [0.1, 0.15) is 34.6 Å². The highest BCUT2D eigenvalue weighted by Crippen LogP contribution is 2.20. The first-order valence-electron chi connectivity index (χ1n) is 6.01. The van der Waals surface area contributed by atoms with Crippen molar-refractivity contribution in [3.05, 3.63) is 0 Å². The third-order valence-corrected chi connectivity index (χ3v) is 2.92. The van der Waals surface area contributed by atoms with E-state index in [9.17, 15) is 0 Å². The Kier molecular flexibility index (Phi) is 4.56. The normalized spacial score (nSPS) is 24.6. The summed E-state index contributed by atoms with van der Waals surface area (Å²) < 4.78 is 5.85. The van der Waals surface area contributed by atoms with Crippen LogP contribution in [0.4, 0.5) is 0 Å². The number of nitrogens with one attached hydrogen (secondary N) is 1. The van der Waals surface area contributed by atoms with Gasteiger partial charge in [0.15, 0.2) is 5.11 Å². The van der Waals surface area contributed by atoms with Crippen molar-refractivity contribution < 1.29 is 4.74 Å². The average molecular weight is 244 g/mol. The van der Waals surface area contributed by atoms with E-state index in [2.05, 4.69) is 44.8 Å². The van der Waals surface area contributed by atoms with Gasteiger partial charge in [0, 0.05) is 19.6 Å². The molecule has 3 nitrogen and oxygen atoms in total. The van der Waals surface area contributed by atoms with Crippen molar-refractivity contribution in [3.63, 3.8) is 0 Å². The summed E-state index contributed by atoms with van der Waals surface area (Å²) in [5.74, 6) is 0.615. The van der Waals surface area contributed by atoms with Gasteiger partial charge in [-0.05, 0) is 38.9 Å². The molecule has 1 fully saturated rings. The fourth-order valence-corrected chi connectivity index (χ4v) is 2.23. The maximum absolute atomic E-state index is 5.85. The molecule has 0 radical (unpaired) electrons. The minimum Gasteiger partial charge on any atom is -0.369 e. The molecule has 1 aliphatic heterocycles. The summed E-state index contributed by atoms with van der Waals surface area (Å²) in [4.78, 5) is 2.21. The molecule has 0 aromatic rings. The molecule has 1 unspecified atom stereocenters. The van der Waals surface area contributed by atoms with E-state index in [4.69, 9.17) is 17.0 Å². The molecule has 1 heterocycles. The van der Waals surface area contributed by atoms with E-state index >= 15 is 0 Å². The van der Waals surface area contributed by atoms with E-state index in [1.807, 2.05) is 0 Å². The fourth-order valence-electron chi connectivity index (χ4n) is 2.01. The molecule has 0 saturated carbocycles. The molecular weight excluding hydrogens is 220 g/mol. The quantitative estimate of drug-likeness (QED) is 0.751. The Morgan fingerprint density at radius 1 is 1.56 bits per heavy atom. The molecule has 16 heavy (non-hydrogen) atoms. The molecule has 0 amide bonds. The maximum Gasteiger partial charge on any atom is 0.169 e. The number of hydrogen-bond donors (Lipinski definition) is 1. The van der Waals surface area contributed by atoms with Gasteiger partial charge >= 0.3 is 0 Å². The van der Waals surface area contributed by atoms with Gasteiger partial charge in [-0.25, -0.2) is 0 Å². The van der Waals surface area contributed by atoms with Gasteiger partial charge in [0.25, 0.3) is 0 Å². The van der Waals surface area contributed by atoms with Crippen LogP contribution in [-0.2, 0) is 4.74 Å². The van der Waals surface area contributed by atoms with Gasteiger partial charge in [-0.2, -0.15) is 0 Å². The van der Waals surface area contributed by atoms with E-state index in [0.29, 0.717) is 5.92 Å². The van der Waals surface area contributed by atoms with Crippen molar-refractivity contribution in [2.75, 3.05) is 19.6 Å². The smallest absolute Gasteiger partial charge is 0.169 e. The molecule has 1 rings (SSSR count). The zero-order chi connectivity index (χ0) is 12.3. The van der Waals surface area contributed by atoms with E-state index in [1.165, 1.54) is 0 Å². The molecule has 94 valence electrons. The van der Waals surface area contributed by atoms with Gasteiger partial charge < -0.3 is 15.0 Å². The second-order valence-corrected chi connectivity index (χ2v) is 6.04. The predicted octanol–water partition coefficient (Wildman–Crippen LogP) is 2.02. The lowest BCUT2D eigenvalue weighted by Crippen LogP contribution is -2.56. The van der Waals surface area contributed by atoms with E-state index in [1.54, 1.807) is 0 Å². The van der Waals surface area contributed by atoms with Gasteiger partial charge in [-0.3, -0.25) is 0 Å². The number of hydrogen-bond acceptors (Lipinski definition) is 2. The molecule has 0 spiro atoms. The standard InChI is InChI=1S/C12H24N2OS/c1-9(2)6-13-11(16)14-7-10(3)15-12(4,5)8-14/h9-10H,6-8H2,1-5H3,(H,13,16). The highest BCUT2D eigenvalue weighted by molar-refractivity contribution is 7.80. The third-order valence-electron chi connectivity index (χ3n) is 2.52. The lowest BCUT2D eigenvalue weighted by molar-refractivity contribution is -0.112. The number of ether oxygens (including phenoxy) is 1. The Hall–Kier alpha value is -0.350. The molecule has 0 aromatic carbocycles. The average Bonchev–Trinajstić information content (AvgIpc) is 2.10. The largest absolute Gasteiger partial charge is 0.369 e. The summed E-state index contributed by atoms with van der Waals surface area (Å²) in [7, 11) is 0. The maximum atomic E-state index is 5.85. The van der Waals surface area contributed by atoms with Crippen LogP contribution in [0.15, 0.2) is 0 Å². The van der Waals surface area contributed by atoms with Crippen molar-refractivity contribution in [2.24, 2.45) is 5.92 Å². The van der Waals surface area contributed by atoms with Crippen molar-refractivity contribution in [1.82, 2.24) is 10.2 Å². The summed E-state index contributed by atoms with van der Waals surface area (Å²) >= 11 is 5.41. The molecule has 1 saturated heterocycles. The number of rotatable bonds is 2. The Bertz CT molecular complexity index is 253. The van der Waals surface area contributed by atoms with Crippen molar-refractivity contribution in [2.45, 2.75) is 46.3 Å². The van der Waals surface area contributed by atoms with Crippen molar-refractivity contribution in [1.29, 1.82) is 0 Å². The molecule has 0 aromatic heterocycles. The van der Waals surface area contributed by atoms with Crippen LogP contribution >= 0.6 is 12.2 Å². The van der Waals surface area contributed by atoms with Gasteiger partial charge in [-0.15, -0.1) is 0 Å². The molecule has 4 heteroatoms. The molecule has 1 N–H and O–H groups in total.